The van der Waals surface area contributed by atoms with Crippen LogP contribution in [0, 0.1) is 0 Å². The molecule has 1 amide bonds. The van der Waals surface area contributed by atoms with Gasteiger partial charge in [0.25, 0.3) is 0 Å². The van der Waals surface area contributed by atoms with Gasteiger partial charge in [-0.25, -0.2) is 0 Å². The van der Waals surface area contributed by atoms with Crippen LogP contribution >= 0.6 is 0 Å². The highest BCUT2D eigenvalue weighted by molar-refractivity contribution is 5.76. The quantitative estimate of drug-likeness (QED) is 0.0321. The highest BCUT2D eigenvalue weighted by atomic mass is 16.5. The zero-order valence-electron chi connectivity index (χ0n) is 44.2. The number of carbonyl (C=O) groups is 2. The van der Waals surface area contributed by atoms with E-state index in [0.717, 1.165) is 64.2 Å². The number of esters is 1. The summed E-state index contributed by atoms with van der Waals surface area (Å²) in [4.78, 5) is 24.5. The second-order valence-electron chi connectivity index (χ2n) is 20.0. The lowest BCUT2D eigenvalue weighted by atomic mass is 10.0. The third kappa shape index (κ3) is 51.5. The van der Waals surface area contributed by atoms with Crippen LogP contribution in [0.1, 0.15) is 309 Å². The minimum absolute atomic E-state index is 0.0113. The SMILES string of the molecule is CCCCCCCCC/C=C\CCCCCCCC(=O)OCCCCCCCCC/C=C\CCCCCCCC(=O)NC(CO)C(O)/C=C/CCCCCCCCCCCCCCCCC. The third-order valence-electron chi connectivity index (χ3n) is 13.4. The van der Waals surface area contributed by atoms with E-state index in [1.165, 1.54) is 218 Å². The first kappa shape index (κ1) is 64.1. The Balaban J connectivity index is 3.50. The summed E-state index contributed by atoms with van der Waals surface area (Å²) in [7, 11) is 0. The maximum absolute atomic E-state index is 12.5. The van der Waals surface area contributed by atoms with Gasteiger partial charge >= 0.3 is 5.97 Å². The van der Waals surface area contributed by atoms with Gasteiger partial charge in [0.2, 0.25) is 5.91 Å². The highest BCUT2D eigenvalue weighted by Crippen LogP contribution is 2.16. The van der Waals surface area contributed by atoms with Gasteiger partial charge in [-0.15, -0.1) is 0 Å². The van der Waals surface area contributed by atoms with E-state index in [4.69, 9.17) is 4.74 Å². The summed E-state index contributed by atoms with van der Waals surface area (Å²) in [5.41, 5.74) is 0. The summed E-state index contributed by atoms with van der Waals surface area (Å²) < 4.78 is 5.47. The average Bonchev–Trinajstić information content (AvgIpc) is 3.32. The number of unbranched alkanes of at least 4 members (excludes halogenated alkanes) is 39. The minimum Gasteiger partial charge on any atom is -0.466 e. The molecule has 0 aromatic heterocycles. The molecule has 0 rings (SSSR count). The molecule has 0 saturated heterocycles. The topological polar surface area (TPSA) is 95.9 Å². The lowest BCUT2D eigenvalue weighted by Gasteiger charge is -2.20. The first-order valence-corrected chi connectivity index (χ1v) is 29.3. The fourth-order valence-electron chi connectivity index (χ4n) is 8.86. The number of hydrogen-bond donors (Lipinski definition) is 3. The number of ether oxygens (including phenoxy) is 1. The molecule has 6 heteroatoms. The van der Waals surface area contributed by atoms with Crippen molar-refractivity contribution in [3.8, 4) is 0 Å². The molecular formula is C60H113NO5. The monoisotopic (exact) mass is 928 g/mol. The molecule has 2 unspecified atom stereocenters. The summed E-state index contributed by atoms with van der Waals surface area (Å²) in [6, 6.07) is -0.641. The van der Waals surface area contributed by atoms with Crippen LogP contribution in [0.25, 0.3) is 0 Å². The van der Waals surface area contributed by atoms with Crippen molar-refractivity contribution >= 4 is 11.9 Å². The van der Waals surface area contributed by atoms with Crippen LogP contribution in [-0.2, 0) is 14.3 Å². The van der Waals surface area contributed by atoms with Crippen LogP contribution in [0.2, 0.25) is 0 Å². The Morgan fingerprint density at radius 2 is 0.712 bits per heavy atom. The van der Waals surface area contributed by atoms with Gasteiger partial charge in [-0.05, 0) is 83.5 Å². The Morgan fingerprint density at radius 3 is 1.08 bits per heavy atom. The zero-order valence-corrected chi connectivity index (χ0v) is 44.2. The van der Waals surface area contributed by atoms with Crippen molar-refractivity contribution in [3.05, 3.63) is 36.5 Å². The molecule has 2 atom stereocenters. The van der Waals surface area contributed by atoms with Crippen molar-refractivity contribution in [2.75, 3.05) is 13.2 Å². The summed E-state index contributed by atoms with van der Waals surface area (Å²) in [5, 5.41) is 23.1. The Labute approximate surface area is 411 Å². The molecule has 0 fully saturated rings. The van der Waals surface area contributed by atoms with E-state index in [2.05, 4.69) is 43.5 Å². The van der Waals surface area contributed by atoms with Crippen LogP contribution < -0.4 is 5.32 Å². The van der Waals surface area contributed by atoms with Crippen LogP contribution in [0.5, 0.6) is 0 Å². The van der Waals surface area contributed by atoms with E-state index in [1.54, 1.807) is 6.08 Å². The number of allylic oxidation sites excluding steroid dienone is 5. The molecule has 0 aromatic carbocycles. The highest BCUT2D eigenvalue weighted by Gasteiger charge is 2.18. The average molecular weight is 929 g/mol. The Kier molecular flexibility index (Phi) is 54.1. The smallest absolute Gasteiger partial charge is 0.305 e. The second kappa shape index (κ2) is 55.7. The largest absolute Gasteiger partial charge is 0.466 e. The molecule has 6 nitrogen and oxygen atoms in total. The van der Waals surface area contributed by atoms with E-state index in [0.29, 0.717) is 19.4 Å². The van der Waals surface area contributed by atoms with Crippen LogP contribution in [-0.4, -0.2) is 47.4 Å². The number of rotatable bonds is 54. The maximum atomic E-state index is 12.5. The normalized spacial score (nSPS) is 12.8. The molecule has 0 bridgehead atoms. The van der Waals surface area contributed by atoms with Gasteiger partial charge in [-0.3, -0.25) is 9.59 Å². The maximum Gasteiger partial charge on any atom is 0.305 e. The fraction of sp³-hybridized carbons (Fsp3) is 0.867. The van der Waals surface area contributed by atoms with E-state index in [1.807, 2.05) is 6.08 Å². The first-order valence-electron chi connectivity index (χ1n) is 29.3. The summed E-state index contributed by atoms with van der Waals surface area (Å²) >= 11 is 0. The predicted molar refractivity (Wildman–Crippen MR) is 287 cm³/mol. The molecule has 388 valence electrons. The Hall–Kier alpha value is -1.92. The zero-order chi connectivity index (χ0) is 47.9. The second-order valence-corrected chi connectivity index (χ2v) is 20.0. The number of nitrogens with one attached hydrogen (secondary N) is 1. The number of amides is 1. The number of carbonyl (C=O) groups excluding carboxylic acids is 2. The van der Waals surface area contributed by atoms with Gasteiger partial charge in [-0.1, -0.05) is 249 Å². The van der Waals surface area contributed by atoms with Gasteiger partial charge in [0.15, 0.2) is 0 Å². The van der Waals surface area contributed by atoms with Gasteiger partial charge in [0, 0.05) is 12.8 Å². The van der Waals surface area contributed by atoms with E-state index in [-0.39, 0.29) is 18.5 Å². The lowest BCUT2D eigenvalue weighted by molar-refractivity contribution is -0.143. The summed E-state index contributed by atoms with van der Waals surface area (Å²) in [6.07, 6.45) is 68.8. The molecular weight excluding hydrogens is 815 g/mol. The molecule has 0 aliphatic rings. The number of hydrogen-bond acceptors (Lipinski definition) is 5. The molecule has 0 aromatic rings. The van der Waals surface area contributed by atoms with Crippen molar-refractivity contribution in [1.82, 2.24) is 5.32 Å². The number of aliphatic hydroxyl groups is 2. The van der Waals surface area contributed by atoms with Gasteiger partial charge in [-0.2, -0.15) is 0 Å². The molecule has 0 radical (unpaired) electrons. The third-order valence-corrected chi connectivity index (χ3v) is 13.4. The lowest BCUT2D eigenvalue weighted by Crippen LogP contribution is -2.45. The fourth-order valence-corrected chi connectivity index (χ4v) is 8.86. The molecule has 0 saturated carbocycles. The van der Waals surface area contributed by atoms with Crippen molar-refractivity contribution in [3.63, 3.8) is 0 Å². The van der Waals surface area contributed by atoms with Crippen LogP contribution in [0.3, 0.4) is 0 Å². The van der Waals surface area contributed by atoms with E-state index < -0.39 is 12.1 Å². The molecule has 0 aliphatic carbocycles. The van der Waals surface area contributed by atoms with Gasteiger partial charge < -0.3 is 20.3 Å². The molecule has 3 N–H and O–H groups in total. The molecule has 0 aliphatic heterocycles. The van der Waals surface area contributed by atoms with Gasteiger partial charge in [0.1, 0.15) is 0 Å². The van der Waals surface area contributed by atoms with Crippen molar-refractivity contribution in [2.45, 2.75) is 321 Å². The summed E-state index contributed by atoms with van der Waals surface area (Å²) in [6.45, 7) is 4.88. The Morgan fingerprint density at radius 1 is 0.409 bits per heavy atom. The summed E-state index contributed by atoms with van der Waals surface area (Å²) in [5.74, 6) is -0.0955. The van der Waals surface area contributed by atoms with Crippen molar-refractivity contribution in [2.24, 2.45) is 0 Å². The predicted octanol–water partition coefficient (Wildman–Crippen LogP) is 18.0. The Bertz CT molecular complexity index is 1070. The molecule has 0 spiro atoms. The molecule has 0 heterocycles. The van der Waals surface area contributed by atoms with Gasteiger partial charge in [0.05, 0.1) is 25.4 Å². The van der Waals surface area contributed by atoms with E-state index >= 15 is 0 Å². The minimum atomic E-state index is -0.856. The van der Waals surface area contributed by atoms with Crippen molar-refractivity contribution in [1.29, 1.82) is 0 Å². The van der Waals surface area contributed by atoms with Crippen LogP contribution in [0.15, 0.2) is 36.5 Å². The van der Waals surface area contributed by atoms with E-state index in [9.17, 15) is 19.8 Å². The number of aliphatic hydroxyl groups excluding tert-OH is 2. The standard InChI is InChI=1S/C60H113NO5/c1-3-5-7-9-11-13-15-17-19-21-24-28-32-36-40-44-48-52-58(63)57(56-62)61-59(64)53-49-45-41-37-33-29-25-22-23-27-31-35-39-43-47-51-55-66-60(65)54-50-46-42-38-34-30-26-20-18-16-14-12-10-8-6-4-2/h20,22,25-26,48,52,57-58,62-63H,3-19,21,23-24,27-47,49-51,53-56H2,1-2H3,(H,61,64)/b25-22-,26-20-,52-48+. The first-order chi connectivity index (χ1) is 32.5. The van der Waals surface area contributed by atoms with Crippen molar-refractivity contribution < 1.29 is 24.5 Å². The van der Waals surface area contributed by atoms with Crippen LogP contribution in [0.4, 0.5) is 0 Å². The molecule has 66 heavy (non-hydrogen) atoms.